The number of amides is 1. The highest BCUT2D eigenvalue weighted by molar-refractivity contribution is 6.35. The van der Waals surface area contributed by atoms with Gasteiger partial charge in [-0.15, -0.1) is 0 Å². The summed E-state index contributed by atoms with van der Waals surface area (Å²) < 4.78 is 5.68. The second-order valence-corrected chi connectivity index (χ2v) is 5.80. The van der Waals surface area contributed by atoms with Gasteiger partial charge in [-0.1, -0.05) is 23.2 Å². The van der Waals surface area contributed by atoms with Gasteiger partial charge in [0.15, 0.2) is 0 Å². The predicted octanol–water partition coefficient (Wildman–Crippen LogP) is 5.30. The van der Waals surface area contributed by atoms with E-state index in [4.69, 9.17) is 27.6 Å². The molecule has 0 saturated heterocycles. The van der Waals surface area contributed by atoms with Crippen LogP contribution in [-0.4, -0.2) is 10.9 Å². The Labute approximate surface area is 148 Å². The standard InChI is InChI=1S/C18H12Cl2N2O2/c19-13-8-12(9-14(20)10-13)17-5-3-16(24-17)4-6-18(23)22-15-2-1-7-21-11-15/h1-11H,(H,22,23)/b6-4+. The van der Waals surface area contributed by atoms with Crippen molar-refractivity contribution in [1.29, 1.82) is 0 Å². The van der Waals surface area contributed by atoms with Crippen molar-refractivity contribution in [3.05, 3.63) is 76.7 Å². The number of hydrogen-bond acceptors (Lipinski definition) is 3. The van der Waals surface area contributed by atoms with E-state index >= 15 is 0 Å². The summed E-state index contributed by atoms with van der Waals surface area (Å²) in [5, 5.41) is 3.76. The fraction of sp³-hybridized carbons (Fsp3) is 0. The quantitative estimate of drug-likeness (QED) is 0.643. The summed E-state index contributed by atoms with van der Waals surface area (Å²) in [6.45, 7) is 0. The van der Waals surface area contributed by atoms with Gasteiger partial charge in [-0.25, -0.2) is 0 Å². The van der Waals surface area contributed by atoms with E-state index < -0.39 is 0 Å². The van der Waals surface area contributed by atoms with Crippen LogP contribution >= 0.6 is 23.2 Å². The fourth-order valence-corrected chi connectivity index (χ4v) is 2.60. The molecule has 4 nitrogen and oxygen atoms in total. The molecule has 24 heavy (non-hydrogen) atoms. The van der Waals surface area contributed by atoms with E-state index in [1.165, 1.54) is 6.08 Å². The van der Waals surface area contributed by atoms with Crippen molar-refractivity contribution in [1.82, 2.24) is 4.98 Å². The maximum absolute atomic E-state index is 11.8. The third-order valence-electron chi connectivity index (χ3n) is 3.10. The normalized spacial score (nSPS) is 10.9. The first-order chi connectivity index (χ1) is 11.6. The summed E-state index contributed by atoms with van der Waals surface area (Å²) in [5.74, 6) is 0.890. The van der Waals surface area contributed by atoms with E-state index in [1.54, 1.807) is 60.9 Å². The van der Waals surface area contributed by atoms with Gasteiger partial charge < -0.3 is 9.73 Å². The Kier molecular flexibility index (Phi) is 4.99. The Morgan fingerprint density at radius 3 is 2.62 bits per heavy atom. The maximum Gasteiger partial charge on any atom is 0.248 e. The van der Waals surface area contributed by atoms with Crippen molar-refractivity contribution in [2.45, 2.75) is 0 Å². The van der Waals surface area contributed by atoms with E-state index in [1.807, 2.05) is 0 Å². The third kappa shape index (κ3) is 4.25. The molecule has 0 atom stereocenters. The lowest BCUT2D eigenvalue weighted by Gasteiger charge is -2.00. The molecule has 6 heteroatoms. The number of rotatable bonds is 4. The first-order valence-electron chi connectivity index (χ1n) is 7.05. The van der Waals surface area contributed by atoms with E-state index in [2.05, 4.69) is 10.3 Å². The molecular formula is C18H12Cl2N2O2. The highest BCUT2D eigenvalue weighted by Gasteiger charge is 2.06. The molecule has 0 unspecified atom stereocenters. The first kappa shape index (κ1) is 16.3. The van der Waals surface area contributed by atoms with Crippen LogP contribution in [0.25, 0.3) is 17.4 Å². The van der Waals surface area contributed by atoms with E-state index in [-0.39, 0.29) is 5.91 Å². The lowest BCUT2D eigenvalue weighted by Crippen LogP contribution is -2.07. The molecule has 0 bridgehead atoms. The zero-order chi connectivity index (χ0) is 16.9. The molecule has 1 N–H and O–H groups in total. The Morgan fingerprint density at radius 1 is 1.12 bits per heavy atom. The summed E-state index contributed by atoms with van der Waals surface area (Å²) in [5.41, 5.74) is 1.40. The van der Waals surface area contributed by atoms with E-state index in [0.29, 0.717) is 27.3 Å². The van der Waals surface area contributed by atoms with Crippen LogP contribution in [0.15, 0.2) is 65.4 Å². The van der Waals surface area contributed by atoms with Gasteiger partial charge in [0.2, 0.25) is 5.91 Å². The van der Waals surface area contributed by atoms with Gasteiger partial charge in [0, 0.05) is 27.9 Å². The van der Waals surface area contributed by atoms with E-state index in [0.717, 1.165) is 5.56 Å². The number of carbonyl (C=O) groups excluding carboxylic acids is 1. The summed E-state index contributed by atoms with van der Waals surface area (Å²) in [6, 6.07) is 12.2. The summed E-state index contributed by atoms with van der Waals surface area (Å²) in [4.78, 5) is 15.8. The average Bonchev–Trinajstić information content (AvgIpc) is 3.02. The summed E-state index contributed by atoms with van der Waals surface area (Å²) in [6.07, 6.45) is 6.18. The second kappa shape index (κ2) is 7.34. The first-order valence-corrected chi connectivity index (χ1v) is 7.81. The van der Waals surface area contributed by atoms with Crippen LogP contribution in [-0.2, 0) is 4.79 Å². The van der Waals surface area contributed by atoms with Crippen LogP contribution < -0.4 is 5.32 Å². The van der Waals surface area contributed by atoms with Gasteiger partial charge in [-0.05, 0) is 48.5 Å². The lowest BCUT2D eigenvalue weighted by atomic mass is 10.2. The fourth-order valence-electron chi connectivity index (χ4n) is 2.07. The molecule has 3 aromatic rings. The molecule has 2 heterocycles. The molecule has 0 fully saturated rings. The van der Waals surface area contributed by atoms with Crippen LogP contribution in [0.4, 0.5) is 5.69 Å². The number of pyridine rings is 1. The van der Waals surface area contributed by atoms with Crippen molar-refractivity contribution in [2.75, 3.05) is 5.32 Å². The van der Waals surface area contributed by atoms with Crippen LogP contribution in [0, 0.1) is 0 Å². The maximum atomic E-state index is 11.8. The smallest absolute Gasteiger partial charge is 0.248 e. The molecule has 0 saturated carbocycles. The molecule has 0 spiro atoms. The number of anilines is 1. The lowest BCUT2D eigenvalue weighted by molar-refractivity contribution is -0.111. The van der Waals surface area contributed by atoms with Crippen LogP contribution in [0.2, 0.25) is 10.0 Å². The third-order valence-corrected chi connectivity index (χ3v) is 3.54. The second-order valence-electron chi connectivity index (χ2n) is 4.92. The minimum Gasteiger partial charge on any atom is -0.457 e. The van der Waals surface area contributed by atoms with Gasteiger partial charge in [0.25, 0.3) is 0 Å². The minimum absolute atomic E-state index is 0.272. The van der Waals surface area contributed by atoms with Gasteiger partial charge in [0.1, 0.15) is 11.5 Å². The number of nitrogens with one attached hydrogen (secondary N) is 1. The van der Waals surface area contributed by atoms with Crippen LogP contribution in [0.1, 0.15) is 5.76 Å². The predicted molar refractivity (Wildman–Crippen MR) is 96.1 cm³/mol. The zero-order valence-corrected chi connectivity index (χ0v) is 13.9. The Balaban J connectivity index is 1.70. The van der Waals surface area contributed by atoms with Crippen molar-refractivity contribution < 1.29 is 9.21 Å². The number of benzene rings is 1. The molecule has 1 aromatic carbocycles. The van der Waals surface area contributed by atoms with Crippen molar-refractivity contribution in [3.8, 4) is 11.3 Å². The number of hydrogen-bond donors (Lipinski definition) is 1. The molecule has 0 radical (unpaired) electrons. The van der Waals surface area contributed by atoms with Gasteiger partial charge in [-0.3, -0.25) is 9.78 Å². The summed E-state index contributed by atoms with van der Waals surface area (Å²) in [7, 11) is 0. The highest BCUT2D eigenvalue weighted by atomic mass is 35.5. The number of aromatic nitrogens is 1. The molecule has 120 valence electrons. The Morgan fingerprint density at radius 2 is 1.92 bits per heavy atom. The monoisotopic (exact) mass is 358 g/mol. The highest BCUT2D eigenvalue weighted by Crippen LogP contribution is 2.28. The number of halogens is 2. The van der Waals surface area contributed by atoms with Crippen molar-refractivity contribution in [3.63, 3.8) is 0 Å². The van der Waals surface area contributed by atoms with Gasteiger partial charge in [0.05, 0.1) is 11.9 Å². The molecule has 3 rings (SSSR count). The largest absolute Gasteiger partial charge is 0.457 e. The van der Waals surface area contributed by atoms with Gasteiger partial charge in [-0.2, -0.15) is 0 Å². The number of nitrogens with zero attached hydrogens (tertiary/aromatic N) is 1. The minimum atomic E-state index is -0.272. The molecule has 0 aliphatic rings. The number of furan rings is 1. The Hall–Kier alpha value is -2.56. The topological polar surface area (TPSA) is 55.1 Å². The molecule has 0 aliphatic heterocycles. The SMILES string of the molecule is O=C(/C=C/c1ccc(-c2cc(Cl)cc(Cl)c2)o1)Nc1cccnc1. The summed E-state index contributed by atoms with van der Waals surface area (Å²) >= 11 is 12.0. The van der Waals surface area contributed by atoms with E-state index in [9.17, 15) is 4.79 Å². The van der Waals surface area contributed by atoms with Crippen LogP contribution in [0.3, 0.4) is 0 Å². The average molecular weight is 359 g/mol. The van der Waals surface area contributed by atoms with Gasteiger partial charge >= 0.3 is 0 Å². The molecule has 1 amide bonds. The number of carbonyl (C=O) groups is 1. The van der Waals surface area contributed by atoms with Crippen LogP contribution in [0.5, 0.6) is 0 Å². The Bertz CT molecular complexity index is 869. The molecule has 0 aliphatic carbocycles. The molecule has 2 aromatic heterocycles. The zero-order valence-electron chi connectivity index (χ0n) is 12.4. The van der Waals surface area contributed by atoms with Crippen molar-refractivity contribution in [2.24, 2.45) is 0 Å². The molecular weight excluding hydrogens is 347 g/mol. The van der Waals surface area contributed by atoms with Crippen molar-refractivity contribution >= 4 is 40.9 Å².